The summed E-state index contributed by atoms with van der Waals surface area (Å²) in [5.74, 6) is 0.0889. The van der Waals surface area contributed by atoms with E-state index in [0.29, 0.717) is 25.2 Å². The van der Waals surface area contributed by atoms with Gasteiger partial charge in [-0.25, -0.2) is 0 Å². The fourth-order valence-corrected chi connectivity index (χ4v) is 3.91. The first-order valence-corrected chi connectivity index (χ1v) is 9.92. The smallest absolute Gasteiger partial charge is 0.238 e. The molecular formula is C22H26N4O2. The third kappa shape index (κ3) is 4.17. The number of piperazine rings is 1. The highest BCUT2D eigenvalue weighted by atomic mass is 16.2. The van der Waals surface area contributed by atoms with E-state index < -0.39 is 0 Å². The summed E-state index contributed by atoms with van der Waals surface area (Å²) >= 11 is 0. The van der Waals surface area contributed by atoms with Gasteiger partial charge < -0.3 is 15.1 Å². The van der Waals surface area contributed by atoms with Gasteiger partial charge in [-0.3, -0.25) is 14.5 Å². The number of amides is 2. The average Bonchev–Trinajstić information content (AvgIpc) is 3.15. The molecule has 146 valence electrons. The number of anilines is 3. The van der Waals surface area contributed by atoms with Crippen LogP contribution in [0.15, 0.2) is 54.6 Å². The van der Waals surface area contributed by atoms with Crippen LogP contribution in [0.5, 0.6) is 0 Å². The number of para-hydroxylation sites is 3. The summed E-state index contributed by atoms with van der Waals surface area (Å²) in [4.78, 5) is 31.0. The Kier molecular flexibility index (Phi) is 5.58. The third-order valence-corrected chi connectivity index (χ3v) is 5.40. The minimum Gasteiger partial charge on any atom is -0.369 e. The summed E-state index contributed by atoms with van der Waals surface area (Å²) < 4.78 is 0. The molecule has 0 saturated carbocycles. The minimum atomic E-state index is -0.0349. The number of hydrogen-bond acceptors (Lipinski definition) is 4. The quantitative estimate of drug-likeness (QED) is 0.869. The number of rotatable bonds is 5. The lowest BCUT2D eigenvalue weighted by atomic mass is 10.2. The van der Waals surface area contributed by atoms with Crippen LogP contribution in [0.4, 0.5) is 17.1 Å². The summed E-state index contributed by atoms with van der Waals surface area (Å²) in [7, 11) is 0. The molecule has 0 radical (unpaired) electrons. The molecule has 2 saturated heterocycles. The summed E-state index contributed by atoms with van der Waals surface area (Å²) in [6.45, 7) is 4.62. The van der Waals surface area contributed by atoms with Crippen molar-refractivity contribution < 1.29 is 9.59 Å². The number of benzene rings is 2. The van der Waals surface area contributed by atoms with Gasteiger partial charge in [-0.1, -0.05) is 30.3 Å². The lowest BCUT2D eigenvalue weighted by Crippen LogP contribution is -2.48. The predicted molar refractivity (Wildman–Crippen MR) is 112 cm³/mol. The second-order valence-electron chi connectivity index (χ2n) is 7.31. The number of carbonyl (C=O) groups excluding carboxylic acids is 2. The van der Waals surface area contributed by atoms with E-state index in [1.165, 1.54) is 5.69 Å². The van der Waals surface area contributed by atoms with Gasteiger partial charge in [-0.05, 0) is 30.7 Å². The second kappa shape index (κ2) is 8.44. The molecule has 2 amide bonds. The van der Waals surface area contributed by atoms with E-state index in [1.807, 2.05) is 30.3 Å². The van der Waals surface area contributed by atoms with Gasteiger partial charge in [0.25, 0.3) is 0 Å². The standard InChI is InChI=1S/C22H26N4O2/c27-21(17-24-13-15-25(16-14-24)18-7-2-1-3-8-18)23-19-9-4-5-10-20(19)26-12-6-11-22(26)28/h1-5,7-10H,6,11-17H2,(H,23,27). The van der Waals surface area contributed by atoms with Gasteiger partial charge >= 0.3 is 0 Å². The lowest BCUT2D eigenvalue weighted by molar-refractivity contribution is -0.118. The summed E-state index contributed by atoms with van der Waals surface area (Å²) in [6.07, 6.45) is 1.45. The molecule has 6 nitrogen and oxygen atoms in total. The fraction of sp³-hybridized carbons (Fsp3) is 0.364. The van der Waals surface area contributed by atoms with Gasteiger partial charge in [0.2, 0.25) is 11.8 Å². The van der Waals surface area contributed by atoms with E-state index in [-0.39, 0.29) is 11.8 Å². The van der Waals surface area contributed by atoms with Crippen LogP contribution < -0.4 is 15.1 Å². The molecule has 0 spiro atoms. The molecule has 0 atom stereocenters. The molecule has 0 aromatic heterocycles. The SMILES string of the molecule is O=C(CN1CCN(c2ccccc2)CC1)Nc1ccccc1N1CCCC1=O. The average molecular weight is 378 g/mol. The van der Waals surface area contributed by atoms with Gasteiger partial charge in [0, 0.05) is 44.8 Å². The van der Waals surface area contributed by atoms with E-state index in [1.54, 1.807) is 4.90 Å². The first-order valence-electron chi connectivity index (χ1n) is 9.92. The first kappa shape index (κ1) is 18.5. The van der Waals surface area contributed by atoms with E-state index in [9.17, 15) is 9.59 Å². The molecule has 2 heterocycles. The molecule has 2 aliphatic rings. The number of carbonyl (C=O) groups is 2. The molecule has 0 aliphatic carbocycles. The monoisotopic (exact) mass is 378 g/mol. The first-order chi connectivity index (χ1) is 13.7. The Balaban J connectivity index is 1.33. The maximum atomic E-state index is 12.6. The van der Waals surface area contributed by atoms with Crippen LogP contribution in [-0.2, 0) is 9.59 Å². The Labute approximate surface area is 165 Å². The van der Waals surface area contributed by atoms with Crippen molar-refractivity contribution in [2.75, 3.05) is 54.4 Å². The molecule has 28 heavy (non-hydrogen) atoms. The van der Waals surface area contributed by atoms with Crippen molar-refractivity contribution in [2.45, 2.75) is 12.8 Å². The molecule has 0 bridgehead atoms. The third-order valence-electron chi connectivity index (χ3n) is 5.40. The van der Waals surface area contributed by atoms with E-state index in [4.69, 9.17) is 0 Å². The van der Waals surface area contributed by atoms with Crippen molar-refractivity contribution in [3.63, 3.8) is 0 Å². The van der Waals surface area contributed by atoms with Crippen molar-refractivity contribution in [1.82, 2.24) is 4.90 Å². The topological polar surface area (TPSA) is 55.9 Å². The minimum absolute atomic E-state index is 0.0349. The molecular weight excluding hydrogens is 352 g/mol. The molecule has 2 fully saturated rings. The maximum absolute atomic E-state index is 12.6. The maximum Gasteiger partial charge on any atom is 0.238 e. The predicted octanol–water partition coefficient (Wildman–Crippen LogP) is 2.57. The second-order valence-corrected chi connectivity index (χ2v) is 7.31. The summed E-state index contributed by atoms with van der Waals surface area (Å²) in [5.41, 5.74) is 2.74. The van der Waals surface area contributed by atoms with Crippen LogP contribution in [-0.4, -0.2) is 56.0 Å². The summed E-state index contributed by atoms with van der Waals surface area (Å²) in [5, 5.41) is 3.01. The van der Waals surface area contributed by atoms with Crippen LogP contribution in [0.3, 0.4) is 0 Å². The normalized spacial score (nSPS) is 17.8. The van der Waals surface area contributed by atoms with Crippen molar-refractivity contribution >= 4 is 28.9 Å². The number of hydrogen-bond donors (Lipinski definition) is 1. The van der Waals surface area contributed by atoms with Crippen LogP contribution in [0.1, 0.15) is 12.8 Å². The summed E-state index contributed by atoms with van der Waals surface area (Å²) in [6, 6.07) is 17.9. The molecule has 0 unspecified atom stereocenters. The molecule has 2 aromatic carbocycles. The van der Waals surface area contributed by atoms with Gasteiger partial charge in [-0.15, -0.1) is 0 Å². The van der Waals surface area contributed by atoms with Crippen LogP contribution >= 0.6 is 0 Å². The highest BCUT2D eigenvalue weighted by molar-refractivity contribution is 6.02. The van der Waals surface area contributed by atoms with Crippen molar-refractivity contribution in [3.8, 4) is 0 Å². The zero-order valence-electron chi connectivity index (χ0n) is 16.0. The van der Waals surface area contributed by atoms with Crippen LogP contribution in [0, 0.1) is 0 Å². The Bertz CT molecular complexity index is 831. The highest BCUT2D eigenvalue weighted by Crippen LogP contribution is 2.29. The van der Waals surface area contributed by atoms with Crippen LogP contribution in [0.25, 0.3) is 0 Å². The Morgan fingerprint density at radius 1 is 0.893 bits per heavy atom. The Morgan fingerprint density at radius 3 is 2.32 bits per heavy atom. The zero-order chi connectivity index (χ0) is 19.3. The van der Waals surface area contributed by atoms with Gasteiger partial charge in [0.1, 0.15) is 0 Å². The molecule has 4 rings (SSSR count). The van der Waals surface area contributed by atoms with E-state index in [0.717, 1.165) is 38.3 Å². The molecule has 6 heteroatoms. The largest absolute Gasteiger partial charge is 0.369 e. The van der Waals surface area contributed by atoms with Crippen LogP contribution in [0.2, 0.25) is 0 Å². The van der Waals surface area contributed by atoms with Crippen molar-refractivity contribution in [1.29, 1.82) is 0 Å². The Morgan fingerprint density at radius 2 is 1.61 bits per heavy atom. The van der Waals surface area contributed by atoms with Crippen molar-refractivity contribution in [2.24, 2.45) is 0 Å². The number of nitrogens with one attached hydrogen (secondary N) is 1. The molecule has 2 aromatic rings. The van der Waals surface area contributed by atoms with Gasteiger partial charge in [0.15, 0.2) is 0 Å². The van der Waals surface area contributed by atoms with Gasteiger partial charge in [0.05, 0.1) is 17.9 Å². The fourth-order valence-electron chi connectivity index (χ4n) is 3.91. The molecule has 1 N–H and O–H groups in total. The number of nitrogens with zero attached hydrogens (tertiary/aromatic N) is 3. The zero-order valence-corrected chi connectivity index (χ0v) is 16.0. The Hall–Kier alpha value is -2.86. The van der Waals surface area contributed by atoms with E-state index >= 15 is 0 Å². The van der Waals surface area contributed by atoms with Gasteiger partial charge in [-0.2, -0.15) is 0 Å². The molecule has 2 aliphatic heterocycles. The lowest BCUT2D eigenvalue weighted by Gasteiger charge is -2.35. The van der Waals surface area contributed by atoms with E-state index in [2.05, 4.69) is 39.4 Å². The van der Waals surface area contributed by atoms with Crippen molar-refractivity contribution in [3.05, 3.63) is 54.6 Å². The highest BCUT2D eigenvalue weighted by Gasteiger charge is 2.25.